The van der Waals surface area contributed by atoms with E-state index < -0.39 is 12.0 Å². The molecule has 1 heterocycles. The van der Waals surface area contributed by atoms with Crippen molar-refractivity contribution in [2.75, 3.05) is 19.8 Å². The van der Waals surface area contributed by atoms with Crippen molar-refractivity contribution in [3.8, 4) is 0 Å². The van der Waals surface area contributed by atoms with Gasteiger partial charge in [-0.1, -0.05) is 6.92 Å². The summed E-state index contributed by atoms with van der Waals surface area (Å²) in [4.78, 5) is 10.7. The summed E-state index contributed by atoms with van der Waals surface area (Å²) in [6, 6.07) is -0.391. The van der Waals surface area contributed by atoms with Crippen LogP contribution in [0.1, 0.15) is 26.2 Å². The minimum atomic E-state index is -0.750. The van der Waals surface area contributed by atoms with Gasteiger partial charge in [0.05, 0.1) is 0 Å². The average Bonchev–Trinajstić information content (AvgIpc) is 2.20. The fourth-order valence-corrected chi connectivity index (χ4v) is 1.67. The first-order valence-corrected chi connectivity index (χ1v) is 5.28. The number of hydrogen-bond acceptors (Lipinski definition) is 3. The maximum atomic E-state index is 10.7. The lowest BCUT2D eigenvalue weighted by molar-refractivity contribution is -0.139. The third kappa shape index (κ3) is 3.64. The molecule has 0 aliphatic carbocycles. The van der Waals surface area contributed by atoms with Crippen molar-refractivity contribution in [3.05, 3.63) is 0 Å². The van der Waals surface area contributed by atoms with Gasteiger partial charge in [0.15, 0.2) is 0 Å². The quantitative estimate of drug-likeness (QED) is 0.693. The molecule has 1 saturated heterocycles. The fraction of sp³-hybridized carbons (Fsp3) is 0.900. The molecule has 0 aromatic carbocycles. The molecular formula is C10H19NO3. The Kier molecular flexibility index (Phi) is 4.90. The van der Waals surface area contributed by atoms with Crippen LogP contribution in [0.5, 0.6) is 0 Å². The summed E-state index contributed by atoms with van der Waals surface area (Å²) in [6.45, 7) is 4.32. The molecule has 1 aliphatic heterocycles. The van der Waals surface area contributed by atoms with E-state index in [0.717, 1.165) is 32.6 Å². The number of nitrogens with one attached hydrogen (secondary N) is 1. The first kappa shape index (κ1) is 11.5. The molecule has 0 amide bonds. The first-order chi connectivity index (χ1) is 6.74. The van der Waals surface area contributed by atoms with E-state index in [1.54, 1.807) is 0 Å². The average molecular weight is 201 g/mol. The summed E-state index contributed by atoms with van der Waals surface area (Å²) in [7, 11) is 0. The molecule has 4 nitrogen and oxygen atoms in total. The van der Waals surface area contributed by atoms with Crippen molar-refractivity contribution in [2.24, 2.45) is 5.92 Å². The third-order valence-electron chi connectivity index (χ3n) is 2.70. The monoisotopic (exact) mass is 201 g/mol. The molecule has 1 fully saturated rings. The standard InChI is InChI=1S/C10H19NO3/c1-2-9(10(12)13)11-7-8-3-5-14-6-4-8/h8-9,11H,2-7H2,1H3,(H,12,13). The minimum absolute atomic E-state index is 0.391. The van der Waals surface area contributed by atoms with Crippen molar-refractivity contribution in [3.63, 3.8) is 0 Å². The van der Waals surface area contributed by atoms with E-state index in [2.05, 4.69) is 5.32 Å². The van der Waals surface area contributed by atoms with Crippen LogP contribution in [-0.2, 0) is 9.53 Å². The highest BCUT2D eigenvalue weighted by Crippen LogP contribution is 2.13. The number of hydrogen-bond donors (Lipinski definition) is 2. The van der Waals surface area contributed by atoms with Crippen LogP contribution in [0.3, 0.4) is 0 Å². The SMILES string of the molecule is CCC(NCC1CCOCC1)C(=O)O. The largest absolute Gasteiger partial charge is 0.480 e. The molecule has 1 atom stereocenters. The topological polar surface area (TPSA) is 58.6 Å². The van der Waals surface area contributed by atoms with Gasteiger partial charge in [0.25, 0.3) is 0 Å². The second-order valence-corrected chi connectivity index (χ2v) is 3.76. The zero-order valence-electron chi connectivity index (χ0n) is 8.66. The summed E-state index contributed by atoms with van der Waals surface area (Å²) in [5.41, 5.74) is 0. The second kappa shape index (κ2) is 5.98. The van der Waals surface area contributed by atoms with Crippen LogP contribution in [0.4, 0.5) is 0 Å². The lowest BCUT2D eigenvalue weighted by Gasteiger charge is -2.23. The highest BCUT2D eigenvalue weighted by atomic mass is 16.5. The van der Waals surface area contributed by atoms with E-state index in [-0.39, 0.29) is 0 Å². The van der Waals surface area contributed by atoms with Crippen molar-refractivity contribution in [1.82, 2.24) is 5.32 Å². The summed E-state index contributed by atoms with van der Waals surface area (Å²) >= 11 is 0. The number of ether oxygens (including phenoxy) is 1. The van der Waals surface area contributed by atoms with Crippen molar-refractivity contribution < 1.29 is 14.6 Å². The number of aliphatic carboxylic acids is 1. The number of rotatable bonds is 5. The van der Waals surface area contributed by atoms with Crippen LogP contribution in [0.25, 0.3) is 0 Å². The Morgan fingerprint density at radius 1 is 1.57 bits per heavy atom. The van der Waals surface area contributed by atoms with E-state index in [1.807, 2.05) is 6.92 Å². The van der Waals surface area contributed by atoms with Gasteiger partial charge < -0.3 is 15.2 Å². The maximum Gasteiger partial charge on any atom is 0.320 e. The normalized spacial score (nSPS) is 20.6. The Balaban J connectivity index is 2.20. The molecule has 82 valence electrons. The molecule has 4 heteroatoms. The molecule has 0 aromatic rings. The lowest BCUT2D eigenvalue weighted by atomic mass is 10.00. The Labute approximate surface area is 84.6 Å². The molecule has 1 unspecified atom stereocenters. The zero-order chi connectivity index (χ0) is 10.4. The van der Waals surface area contributed by atoms with Gasteiger partial charge in [-0.05, 0) is 31.7 Å². The minimum Gasteiger partial charge on any atom is -0.480 e. The van der Waals surface area contributed by atoms with E-state index in [0.29, 0.717) is 12.3 Å². The van der Waals surface area contributed by atoms with Gasteiger partial charge in [-0.3, -0.25) is 4.79 Å². The van der Waals surface area contributed by atoms with Crippen LogP contribution < -0.4 is 5.32 Å². The number of carboxylic acid groups (broad SMARTS) is 1. The van der Waals surface area contributed by atoms with Crippen LogP contribution in [-0.4, -0.2) is 36.9 Å². The first-order valence-electron chi connectivity index (χ1n) is 5.28. The van der Waals surface area contributed by atoms with Gasteiger partial charge in [-0.15, -0.1) is 0 Å². The molecule has 0 radical (unpaired) electrons. The summed E-state index contributed by atoms with van der Waals surface area (Å²) < 4.78 is 5.24. The van der Waals surface area contributed by atoms with Gasteiger partial charge in [0, 0.05) is 13.2 Å². The predicted octanol–water partition coefficient (Wildman–Crippen LogP) is 0.866. The van der Waals surface area contributed by atoms with Crippen molar-refractivity contribution in [1.29, 1.82) is 0 Å². The zero-order valence-corrected chi connectivity index (χ0v) is 8.66. The Hall–Kier alpha value is -0.610. The fourth-order valence-electron chi connectivity index (χ4n) is 1.67. The Bertz CT molecular complexity index is 178. The lowest BCUT2D eigenvalue weighted by Crippen LogP contribution is -2.40. The van der Waals surface area contributed by atoms with E-state index in [1.165, 1.54) is 0 Å². The summed E-state index contributed by atoms with van der Waals surface area (Å²) in [6.07, 6.45) is 2.73. The van der Waals surface area contributed by atoms with E-state index in [9.17, 15) is 4.79 Å². The molecule has 0 spiro atoms. The van der Waals surface area contributed by atoms with Crippen LogP contribution in [0.2, 0.25) is 0 Å². The molecule has 14 heavy (non-hydrogen) atoms. The molecule has 1 rings (SSSR count). The smallest absolute Gasteiger partial charge is 0.320 e. The maximum absolute atomic E-state index is 10.7. The molecule has 0 aromatic heterocycles. The third-order valence-corrected chi connectivity index (χ3v) is 2.70. The van der Waals surface area contributed by atoms with Gasteiger partial charge in [0.1, 0.15) is 6.04 Å². The van der Waals surface area contributed by atoms with Crippen molar-refractivity contribution >= 4 is 5.97 Å². The Morgan fingerprint density at radius 3 is 2.71 bits per heavy atom. The Morgan fingerprint density at radius 2 is 2.21 bits per heavy atom. The highest BCUT2D eigenvalue weighted by Gasteiger charge is 2.18. The van der Waals surface area contributed by atoms with Crippen LogP contribution >= 0.6 is 0 Å². The van der Waals surface area contributed by atoms with E-state index in [4.69, 9.17) is 9.84 Å². The van der Waals surface area contributed by atoms with Gasteiger partial charge in [-0.25, -0.2) is 0 Å². The van der Waals surface area contributed by atoms with Gasteiger partial charge in [-0.2, -0.15) is 0 Å². The van der Waals surface area contributed by atoms with Gasteiger partial charge >= 0.3 is 5.97 Å². The molecule has 2 N–H and O–H groups in total. The molecular weight excluding hydrogens is 182 g/mol. The second-order valence-electron chi connectivity index (χ2n) is 3.76. The van der Waals surface area contributed by atoms with Gasteiger partial charge in [0.2, 0.25) is 0 Å². The summed E-state index contributed by atoms with van der Waals surface area (Å²) in [5.74, 6) is -0.170. The predicted molar refractivity (Wildman–Crippen MR) is 53.3 cm³/mol. The van der Waals surface area contributed by atoms with E-state index >= 15 is 0 Å². The number of carbonyl (C=O) groups is 1. The molecule has 0 saturated carbocycles. The highest BCUT2D eigenvalue weighted by molar-refractivity contribution is 5.73. The van der Waals surface area contributed by atoms with Crippen molar-refractivity contribution in [2.45, 2.75) is 32.2 Å². The van der Waals surface area contributed by atoms with Crippen LogP contribution in [0, 0.1) is 5.92 Å². The van der Waals surface area contributed by atoms with Crippen LogP contribution in [0.15, 0.2) is 0 Å². The molecule has 0 bridgehead atoms. The number of carboxylic acids is 1. The molecule has 1 aliphatic rings. The summed E-state index contributed by atoms with van der Waals surface area (Å²) in [5, 5.41) is 11.9.